The van der Waals surface area contributed by atoms with Crippen LogP contribution in [0.2, 0.25) is 0 Å². The minimum atomic E-state index is -1.73. The summed E-state index contributed by atoms with van der Waals surface area (Å²) in [7, 11) is 0. The van der Waals surface area contributed by atoms with Gasteiger partial charge in [0.05, 0.1) is 6.54 Å². The molecule has 1 aromatic heterocycles. The van der Waals surface area contributed by atoms with Crippen molar-refractivity contribution in [1.29, 1.82) is 0 Å². The van der Waals surface area contributed by atoms with Crippen LogP contribution in [0.3, 0.4) is 0 Å². The Hall–Kier alpha value is -1.66. The Morgan fingerprint density at radius 3 is 2.75 bits per heavy atom. The minimum Gasteiger partial charge on any atom is -0.336 e. The first kappa shape index (κ1) is 14.7. The number of nitrogens with zero attached hydrogens (tertiary/aromatic N) is 4. The Morgan fingerprint density at radius 2 is 2.20 bits per heavy atom. The molecule has 0 radical (unpaired) electrons. The summed E-state index contributed by atoms with van der Waals surface area (Å²) in [6.07, 6.45) is 0.890. The lowest BCUT2D eigenvalue weighted by atomic mass is 9.94. The number of rotatable bonds is 3. The summed E-state index contributed by atoms with van der Waals surface area (Å²) in [5, 5.41) is 3.63. The monoisotopic (exact) mass is 284 g/mol. The van der Waals surface area contributed by atoms with Gasteiger partial charge < -0.3 is 14.3 Å². The van der Waals surface area contributed by atoms with E-state index in [9.17, 15) is 9.18 Å². The normalized spacial score (nSPS) is 22.9. The Bertz CT molecular complexity index is 475. The molecule has 7 heteroatoms. The van der Waals surface area contributed by atoms with Crippen LogP contribution in [0.5, 0.6) is 0 Å². The second kappa shape index (κ2) is 5.76. The topological polar surface area (TPSA) is 62.5 Å². The van der Waals surface area contributed by atoms with Gasteiger partial charge in [0.2, 0.25) is 5.67 Å². The molecule has 1 aliphatic heterocycles. The number of hydrogen-bond donors (Lipinski definition) is 0. The first-order chi connectivity index (χ1) is 9.50. The molecule has 2 heterocycles. The highest BCUT2D eigenvalue weighted by atomic mass is 19.1. The predicted octanol–water partition coefficient (Wildman–Crippen LogP) is 2.10. The van der Waals surface area contributed by atoms with Crippen molar-refractivity contribution in [3.8, 4) is 0 Å². The second-order valence-corrected chi connectivity index (χ2v) is 5.09. The first-order valence-corrected chi connectivity index (χ1v) is 7.03. The molecule has 1 unspecified atom stereocenters. The van der Waals surface area contributed by atoms with Gasteiger partial charge in [-0.05, 0) is 33.6 Å². The maximum atomic E-state index is 15.0. The number of aromatic nitrogens is 2. The van der Waals surface area contributed by atoms with Gasteiger partial charge in [0, 0.05) is 19.6 Å². The number of halogens is 1. The smallest absolute Gasteiger partial charge is 0.320 e. The van der Waals surface area contributed by atoms with Crippen molar-refractivity contribution in [2.75, 3.05) is 26.2 Å². The molecule has 0 aromatic carbocycles. The SMILES string of the molecule is CCN(CC)C(=O)N1CCCC(F)(c2nc(C)no2)C1. The van der Waals surface area contributed by atoms with Crippen molar-refractivity contribution >= 4 is 6.03 Å². The summed E-state index contributed by atoms with van der Waals surface area (Å²) in [5.41, 5.74) is -1.73. The maximum absolute atomic E-state index is 15.0. The van der Waals surface area contributed by atoms with Crippen molar-refractivity contribution in [2.24, 2.45) is 0 Å². The highest BCUT2D eigenvalue weighted by molar-refractivity contribution is 5.74. The molecule has 0 bridgehead atoms. The summed E-state index contributed by atoms with van der Waals surface area (Å²) in [6, 6.07) is -0.132. The molecule has 6 nitrogen and oxygen atoms in total. The number of amides is 2. The Labute approximate surface area is 117 Å². The fourth-order valence-electron chi connectivity index (χ4n) is 2.52. The van der Waals surface area contributed by atoms with Crippen LogP contribution in [-0.4, -0.2) is 52.2 Å². The van der Waals surface area contributed by atoms with Gasteiger partial charge >= 0.3 is 6.03 Å². The van der Waals surface area contributed by atoms with E-state index >= 15 is 0 Å². The van der Waals surface area contributed by atoms with E-state index < -0.39 is 5.67 Å². The summed E-state index contributed by atoms with van der Waals surface area (Å²) >= 11 is 0. The van der Waals surface area contributed by atoms with E-state index in [2.05, 4.69) is 10.1 Å². The van der Waals surface area contributed by atoms with E-state index in [4.69, 9.17) is 4.52 Å². The molecular formula is C13H21FN4O2. The Balaban J connectivity index is 2.14. The highest BCUT2D eigenvalue weighted by Crippen LogP contribution is 2.34. The average Bonchev–Trinajstić information content (AvgIpc) is 2.87. The number of aryl methyl sites for hydroxylation is 1. The second-order valence-electron chi connectivity index (χ2n) is 5.09. The summed E-state index contributed by atoms with van der Waals surface area (Å²) in [6.45, 7) is 7.25. The number of carbonyl (C=O) groups is 1. The van der Waals surface area contributed by atoms with E-state index in [1.807, 2.05) is 13.8 Å². The molecule has 20 heavy (non-hydrogen) atoms. The van der Waals surface area contributed by atoms with E-state index in [-0.39, 0.29) is 18.5 Å². The molecule has 1 fully saturated rings. The standard InChI is InChI=1S/C13H21FN4O2/c1-4-17(5-2)12(19)18-8-6-7-13(14,9-18)11-15-10(3)16-20-11/h4-9H2,1-3H3. The Kier molecular flexibility index (Phi) is 4.25. The van der Waals surface area contributed by atoms with Crippen LogP contribution in [0.1, 0.15) is 38.4 Å². The van der Waals surface area contributed by atoms with Gasteiger partial charge in [-0.1, -0.05) is 5.16 Å². The third-order valence-electron chi connectivity index (χ3n) is 3.66. The summed E-state index contributed by atoms with van der Waals surface area (Å²) < 4.78 is 20.0. The number of alkyl halides is 1. The Morgan fingerprint density at radius 1 is 1.50 bits per heavy atom. The van der Waals surface area contributed by atoms with Crippen LogP contribution in [0.15, 0.2) is 4.52 Å². The van der Waals surface area contributed by atoms with Crippen molar-refractivity contribution in [3.05, 3.63) is 11.7 Å². The molecule has 1 atom stereocenters. The molecule has 0 N–H and O–H groups in total. The minimum absolute atomic E-state index is 0.0213. The molecule has 0 saturated carbocycles. The van der Waals surface area contributed by atoms with Crippen LogP contribution < -0.4 is 0 Å². The van der Waals surface area contributed by atoms with Crippen molar-refractivity contribution in [3.63, 3.8) is 0 Å². The molecule has 0 aliphatic carbocycles. The maximum Gasteiger partial charge on any atom is 0.320 e. The fourth-order valence-corrected chi connectivity index (χ4v) is 2.52. The van der Waals surface area contributed by atoms with Crippen LogP contribution >= 0.6 is 0 Å². The zero-order chi connectivity index (χ0) is 14.8. The van der Waals surface area contributed by atoms with Crippen molar-refractivity contribution in [1.82, 2.24) is 19.9 Å². The van der Waals surface area contributed by atoms with Crippen molar-refractivity contribution < 1.29 is 13.7 Å². The van der Waals surface area contributed by atoms with Gasteiger partial charge in [0.25, 0.3) is 5.89 Å². The fraction of sp³-hybridized carbons (Fsp3) is 0.769. The van der Waals surface area contributed by atoms with Gasteiger partial charge in [-0.25, -0.2) is 9.18 Å². The number of piperidine rings is 1. The summed E-state index contributed by atoms with van der Waals surface area (Å²) in [4.78, 5) is 19.5. The molecule has 112 valence electrons. The van der Waals surface area contributed by atoms with E-state index in [1.54, 1.807) is 11.8 Å². The lowest BCUT2D eigenvalue weighted by Gasteiger charge is -2.37. The molecule has 1 aliphatic rings. The lowest BCUT2D eigenvalue weighted by Crippen LogP contribution is -2.51. The van der Waals surface area contributed by atoms with Crippen LogP contribution in [-0.2, 0) is 5.67 Å². The summed E-state index contributed by atoms with van der Waals surface area (Å²) in [5.74, 6) is 0.385. The van der Waals surface area contributed by atoms with Gasteiger partial charge in [0.1, 0.15) is 0 Å². The average molecular weight is 284 g/mol. The van der Waals surface area contributed by atoms with Crippen LogP contribution in [0, 0.1) is 6.92 Å². The van der Waals surface area contributed by atoms with Gasteiger partial charge in [-0.3, -0.25) is 0 Å². The first-order valence-electron chi connectivity index (χ1n) is 7.03. The quantitative estimate of drug-likeness (QED) is 0.852. The number of carbonyl (C=O) groups excluding carboxylic acids is 1. The zero-order valence-electron chi connectivity index (χ0n) is 12.2. The highest BCUT2D eigenvalue weighted by Gasteiger charge is 2.44. The molecule has 2 rings (SSSR count). The molecule has 0 spiro atoms. The molecular weight excluding hydrogens is 263 g/mol. The van der Waals surface area contributed by atoms with Gasteiger partial charge in [-0.2, -0.15) is 4.98 Å². The van der Waals surface area contributed by atoms with Crippen LogP contribution in [0.4, 0.5) is 9.18 Å². The van der Waals surface area contributed by atoms with Crippen molar-refractivity contribution in [2.45, 2.75) is 39.3 Å². The molecule has 1 aromatic rings. The molecule has 2 amide bonds. The number of hydrogen-bond acceptors (Lipinski definition) is 4. The van der Waals surface area contributed by atoms with E-state index in [1.165, 1.54) is 4.90 Å². The van der Waals surface area contributed by atoms with E-state index in [0.717, 1.165) is 0 Å². The number of urea groups is 1. The predicted molar refractivity (Wildman–Crippen MR) is 70.9 cm³/mol. The van der Waals surface area contributed by atoms with Gasteiger partial charge in [-0.15, -0.1) is 0 Å². The third-order valence-corrected chi connectivity index (χ3v) is 3.66. The number of likely N-dealkylation sites (tertiary alicyclic amines) is 1. The molecule has 1 saturated heterocycles. The lowest BCUT2D eigenvalue weighted by molar-refractivity contribution is 0.0236. The van der Waals surface area contributed by atoms with Gasteiger partial charge in [0.15, 0.2) is 5.82 Å². The van der Waals surface area contributed by atoms with Crippen LogP contribution in [0.25, 0.3) is 0 Å². The van der Waals surface area contributed by atoms with E-state index in [0.29, 0.717) is 38.3 Å². The largest absolute Gasteiger partial charge is 0.336 e. The zero-order valence-corrected chi connectivity index (χ0v) is 12.2. The third kappa shape index (κ3) is 2.76.